The van der Waals surface area contributed by atoms with Crippen molar-refractivity contribution in [3.8, 4) is 0 Å². The lowest BCUT2D eigenvalue weighted by Crippen LogP contribution is -2.05. The van der Waals surface area contributed by atoms with Crippen LogP contribution in [0, 0.1) is 5.82 Å². The van der Waals surface area contributed by atoms with Gasteiger partial charge in [0.05, 0.1) is 23.5 Å². The quantitative estimate of drug-likeness (QED) is 0.571. The van der Waals surface area contributed by atoms with Crippen LogP contribution in [0.3, 0.4) is 0 Å². The van der Waals surface area contributed by atoms with E-state index in [0.717, 1.165) is 12.3 Å². The average molecular weight is 281 g/mol. The highest BCUT2D eigenvalue weighted by atomic mass is 35.5. The Morgan fingerprint density at radius 3 is 2.22 bits per heavy atom. The summed E-state index contributed by atoms with van der Waals surface area (Å²) in [6, 6.07) is 17.3. The molecule has 0 heterocycles. The largest absolute Gasteiger partial charge is 0.207 e. The van der Waals surface area contributed by atoms with Gasteiger partial charge in [-0.2, -0.15) is 0 Å². The molecule has 1 unspecified atom stereocenters. The first-order valence-electron chi connectivity index (χ1n) is 6.00. The fraction of sp³-hybridized carbons (Fsp3) is 0.200. The lowest BCUT2D eigenvalue weighted by molar-refractivity contribution is 0.627. The second-order valence-electron chi connectivity index (χ2n) is 4.21. The molecule has 18 heavy (non-hydrogen) atoms. The smallest absolute Gasteiger partial charge is 0.123 e. The molecule has 0 saturated carbocycles. The summed E-state index contributed by atoms with van der Waals surface area (Å²) in [6.45, 7) is 0. The number of rotatable bonds is 5. The van der Waals surface area contributed by atoms with Gasteiger partial charge in [0.1, 0.15) is 5.82 Å². The molecule has 1 atom stereocenters. The Balaban J connectivity index is 2.14. The average Bonchev–Trinajstić information content (AvgIpc) is 2.42. The van der Waals surface area contributed by atoms with Crippen LogP contribution in [-0.2, 0) is 6.16 Å². The number of hydrogen-bond acceptors (Lipinski definition) is 0. The molecule has 2 rings (SSSR count). The summed E-state index contributed by atoms with van der Waals surface area (Å²) in [5.41, 5.74) is 1.19. The summed E-state index contributed by atoms with van der Waals surface area (Å²) in [4.78, 5) is 0. The zero-order chi connectivity index (χ0) is 12.8. The van der Waals surface area contributed by atoms with Crippen molar-refractivity contribution in [2.45, 2.75) is 6.16 Å². The summed E-state index contributed by atoms with van der Waals surface area (Å²) in [5.74, 6) is 0.509. The highest BCUT2D eigenvalue weighted by Crippen LogP contribution is 2.38. The van der Waals surface area contributed by atoms with Gasteiger partial charge in [-0.1, -0.05) is 30.3 Å². The highest BCUT2D eigenvalue weighted by Gasteiger charge is 2.18. The van der Waals surface area contributed by atoms with Crippen molar-refractivity contribution in [1.29, 1.82) is 0 Å². The third-order valence-corrected chi connectivity index (χ3v) is 6.25. The van der Waals surface area contributed by atoms with Gasteiger partial charge in [-0.25, -0.2) is 4.39 Å². The molecule has 0 amide bonds. The minimum absolute atomic E-state index is 0.176. The van der Waals surface area contributed by atoms with Crippen LogP contribution in [0.15, 0.2) is 54.6 Å². The van der Waals surface area contributed by atoms with Crippen molar-refractivity contribution in [2.24, 2.45) is 0 Å². The van der Waals surface area contributed by atoms with Crippen molar-refractivity contribution in [1.82, 2.24) is 0 Å². The van der Waals surface area contributed by atoms with Crippen LogP contribution < -0.4 is 5.30 Å². The van der Waals surface area contributed by atoms with Gasteiger partial charge in [0.15, 0.2) is 0 Å². The van der Waals surface area contributed by atoms with Crippen molar-refractivity contribution < 1.29 is 4.39 Å². The lowest BCUT2D eigenvalue weighted by atomic mass is 10.2. The first-order chi connectivity index (χ1) is 8.79. The monoisotopic (exact) mass is 280 g/mol. The Kier molecular flexibility index (Phi) is 5.16. The van der Waals surface area contributed by atoms with Gasteiger partial charge < -0.3 is 0 Å². The van der Waals surface area contributed by atoms with E-state index in [0.29, 0.717) is 5.88 Å². The Morgan fingerprint density at radius 1 is 0.944 bits per heavy atom. The standard InChI is InChI=1S/C15H15ClFP/c16-10-11-18(15-4-2-1-3-5-15)12-13-6-8-14(17)9-7-13/h1-9H,10-12H2/p+1/i17-1. The molecule has 0 aromatic heterocycles. The van der Waals surface area contributed by atoms with Gasteiger partial charge in [0.25, 0.3) is 0 Å². The summed E-state index contributed by atoms with van der Waals surface area (Å²) >= 11 is 5.90. The minimum Gasteiger partial charge on any atom is -0.207 e. The Hall–Kier alpha value is -0.910. The van der Waals surface area contributed by atoms with Gasteiger partial charge in [0, 0.05) is 7.92 Å². The van der Waals surface area contributed by atoms with Crippen molar-refractivity contribution in [3.63, 3.8) is 0 Å². The number of hydrogen-bond donors (Lipinski definition) is 0. The van der Waals surface area contributed by atoms with Crippen molar-refractivity contribution in [3.05, 3.63) is 66.0 Å². The zero-order valence-corrected chi connectivity index (χ0v) is 11.8. The first kappa shape index (κ1) is 13.5. The predicted octanol–water partition coefficient (Wildman–Crippen LogP) is 4.10. The molecule has 0 aliphatic rings. The van der Waals surface area contributed by atoms with E-state index in [9.17, 15) is 4.39 Å². The normalized spacial score (nSPS) is 12.3. The zero-order valence-electron chi connectivity index (χ0n) is 10.1. The molecule has 0 nitrogen and oxygen atoms in total. The molecule has 2 aromatic carbocycles. The van der Waals surface area contributed by atoms with Gasteiger partial charge >= 0.3 is 0 Å². The third-order valence-electron chi connectivity index (χ3n) is 2.91. The van der Waals surface area contributed by atoms with Crippen LogP contribution in [0.2, 0.25) is 0 Å². The molecule has 0 bridgehead atoms. The highest BCUT2D eigenvalue weighted by molar-refractivity contribution is 7.65. The van der Waals surface area contributed by atoms with Crippen LogP contribution in [0.5, 0.6) is 0 Å². The van der Waals surface area contributed by atoms with Gasteiger partial charge in [-0.15, -0.1) is 11.6 Å². The molecule has 0 radical (unpaired) electrons. The summed E-state index contributed by atoms with van der Waals surface area (Å²) in [5, 5.41) is 1.40. The van der Waals surface area contributed by atoms with E-state index in [1.165, 1.54) is 23.0 Å². The molecule has 0 spiro atoms. The predicted molar refractivity (Wildman–Crippen MR) is 80.1 cm³/mol. The fourth-order valence-corrected chi connectivity index (χ4v) is 4.95. The maximum Gasteiger partial charge on any atom is 0.123 e. The Labute approximate surface area is 114 Å². The number of benzene rings is 2. The van der Waals surface area contributed by atoms with Crippen LogP contribution in [-0.4, -0.2) is 12.0 Å². The number of halogens is 2. The molecular formula is C15H16ClFP+. The minimum atomic E-state index is -0.692. The molecule has 0 saturated heterocycles. The molecule has 0 fully saturated rings. The van der Waals surface area contributed by atoms with Gasteiger partial charge in [-0.05, 0) is 29.8 Å². The van der Waals surface area contributed by atoms with Crippen LogP contribution in [0.4, 0.5) is 4.39 Å². The van der Waals surface area contributed by atoms with Crippen LogP contribution in [0.1, 0.15) is 5.56 Å². The second-order valence-corrected chi connectivity index (χ2v) is 7.23. The van der Waals surface area contributed by atoms with Gasteiger partial charge in [0.2, 0.25) is 0 Å². The van der Waals surface area contributed by atoms with Crippen molar-refractivity contribution >= 4 is 24.8 Å². The van der Waals surface area contributed by atoms with Crippen molar-refractivity contribution in [2.75, 3.05) is 12.0 Å². The molecular weight excluding hydrogens is 265 g/mol. The molecule has 0 N–H and O–H groups in total. The van der Waals surface area contributed by atoms with E-state index in [2.05, 4.69) is 24.3 Å². The molecule has 3 heteroatoms. The maximum absolute atomic E-state index is 12.9. The Morgan fingerprint density at radius 2 is 1.61 bits per heavy atom. The molecule has 2 aromatic rings. The first-order valence-corrected chi connectivity index (χ1v) is 8.45. The molecule has 0 aliphatic heterocycles. The van der Waals surface area contributed by atoms with E-state index in [-0.39, 0.29) is 5.82 Å². The van der Waals surface area contributed by atoms with Crippen LogP contribution >= 0.6 is 19.5 Å². The summed E-state index contributed by atoms with van der Waals surface area (Å²) in [7, 11) is -0.692. The van der Waals surface area contributed by atoms with E-state index >= 15 is 0 Å². The summed E-state index contributed by atoms with van der Waals surface area (Å²) in [6.07, 6.45) is 2.04. The SMILES string of the molecule is [18F]c1ccc(C[PH+](CCCl)c2ccccc2)cc1. The third kappa shape index (κ3) is 3.80. The Bertz CT molecular complexity index is 470. The molecule has 0 aliphatic carbocycles. The van der Waals surface area contributed by atoms with Gasteiger partial charge in [-0.3, -0.25) is 0 Å². The van der Waals surface area contributed by atoms with E-state index in [4.69, 9.17) is 11.6 Å². The number of alkyl halides is 1. The maximum atomic E-state index is 12.9. The fourth-order valence-electron chi connectivity index (χ4n) is 1.97. The topological polar surface area (TPSA) is 0 Å². The molecule has 94 valence electrons. The van der Waals surface area contributed by atoms with E-state index in [1.807, 2.05) is 18.2 Å². The van der Waals surface area contributed by atoms with Crippen LogP contribution in [0.25, 0.3) is 0 Å². The lowest BCUT2D eigenvalue weighted by Gasteiger charge is -2.09. The van der Waals surface area contributed by atoms with E-state index < -0.39 is 7.92 Å². The summed E-state index contributed by atoms with van der Waals surface area (Å²) < 4.78 is 12.9. The second kappa shape index (κ2) is 6.87. The van der Waals surface area contributed by atoms with E-state index in [1.54, 1.807) is 0 Å².